The van der Waals surface area contributed by atoms with Crippen LogP contribution in [-0.4, -0.2) is 27.3 Å². The summed E-state index contributed by atoms with van der Waals surface area (Å²) in [7, 11) is -3.34. The van der Waals surface area contributed by atoms with Crippen molar-refractivity contribution in [2.24, 2.45) is 0 Å². The zero-order chi connectivity index (χ0) is 15.1. The van der Waals surface area contributed by atoms with Crippen molar-refractivity contribution in [3.05, 3.63) is 52.2 Å². The molecule has 0 spiro atoms. The SMILES string of the molecule is N#Cc1cccc(S(=O)(=O)CCNCCc2ccsc2)c1. The molecule has 21 heavy (non-hydrogen) atoms. The van der Waals surface area contributed by atoms with Gasteiger partial charge in [0.2, 0.25) is 0 Å². The maximum absolute atomic E-state index is 12.1. The van der Waals surface area contributed by atoms with E-state index in [4.69, 9.17) is 5.26 Å². The quantitative estimate of drug-likeness (QED) is 0.794. The lowest BCUT2D eigenvalue weighted by Crippen LogP contribution is -2.25. The summed E-state index contributed by atoms with van der Waals surface area (Å²) < 4.78 is 24.3. The maximum atomic E-state index is 12.1. The number of hydrogen-bond donors (Lipinski definition) is 1. The minimum atomic E-state index is -3.34. The average Bonchev–Trinajstić information content (AvgIpc) is 3.00. The van der Waals surface area contributed by atoms with Crippen LogP contribution in [0.15, 0.2) is 46.0 Å². The first-order valence-corrected chi connectivity index (χ1v) is 9.16. The Labute approximate surface area is 129 Å². The number of nitrogens with zero attached hydrogens (tertiary/aromatic N) is 1. The lowest BCUT2D eigenvalue weighted by Gasteiger charge is -2.06. The van der Waals surface area contributed by atoms with E-state index in [1.165, 1.54) is 17.7 Å². The summed E-state index contributed by atoms with van der Waals surface area (Å²) in [5, 5.41) is 16.1. The summed E-state index contributed by atoms with van der Waals surface area (Å²) in [5.74, 6) is 0.0333. The molecule has 1 aromatic heterocycles. The Bertz CT molecular complexity index is 716. The molecule has 0 radical (unpaired) electrons. The lowest BCUT2D eigenvalue weighted by atomic mass is 10.2. The van der Waals surface area contributed by atoms with Crippen LogP contribution in [-0.2, 0) is 16.3 Å². The van der Waals surface area contributed by atoms with Gasteiger partial charge in [-0.15, -0.1) is 0 Å². The molecule has 4 nitrogen and oxygen atoms in total. The lowest BCUT2D eigenvalue weighted by molar-refractivity contribution is 0.591. The van der Waals surface area contributed by atoms with Gasteiger partial charge in [-0.05, 0) is 53.6 Å². The molecule has 0 saturated heterocycles. The van der Waals surface area contributed by atoms with Gasteiger partial charge in [-0.25, -0.2) is 8.42 Å². The van der Waals surface area contributed by atoms with E-state index in [1.807, 2.05) is 11.4 Å². The Kier molecular flexibility index (Phi) is 5.51. The van der Waals surface area contributed by atoms with Crippen molar-refractivity contribution in [1.29, 1.82) is 5.26 Å². The highest BCUT2D eigenvalue weighted by molar-refractivity contribution is 7.91. The standard InChI is InChI=1S/C15H16N2O2S2/c16-11-14-2-1-3-15(10-14)21(18,19)9-7-17-6-4-13-5-8-20-12-13/h1-3,5,8,10,12,17H,4,6-7,9H2. The third-order valence-corrected chi connectivity index (χ3v) is 5.49. The molecule has 2 aromatic rings. The number of rotatable bonds is 7. The highest BCUT2D eigenvalue weighted by Gasteiger charge is 2.14. The summed E-state index contributed by atoms with van der Waals surface area (Å²) in [6.07, 6.45) is 0.896. The zero-order valence-electron chi connectivity index (χ0n) is 11.5. The van der Waals surface area contributed by atoms with Crippen molar-refractivity contribution in [3.63, 3.8) is 0 Å². The maximum Gasteiger partial charge on any atom is 0.179 e. The Hall–Kier alpha value is -1.68. The summed E-state index contributed by atoms with van der Waals surface area (Å²) in [4.78, 5) is 0.209. The van der Waals surface area contributed by atoms with Crippen molar-refractivity contribution in [2.75, 3.05) is 18.8 Å². The molecule has 1 N–H and O–H groups in total. The van der Waals surface area contributed by atoms with E-state index in [1.54, 1.807) is 23.5 Å². The summed E-state index contributed by atoms with van der Waals surface area (Å²) >= 11 is 1.66. The second-order valence-corrected chi connectivity index (χ2v) is 7.48. The van der Waals surface area contributed by atoms with Gasteiger partial charge in [0.05, 0.1) is 22.3 Å². The first-order valence-electron chi connectivity index (χ1n) is 6.56. The van der Waals surface area contributed by atoms with Crippen LogP contribution in [0.1, 0.15) is 11.1 Å². The van der Waals surface area contributed by atoms with Gasteiger partial charge in [0.25, 0.3) is 0 Å². The fourth-order valence-corrected chi connectivity index (χ4v) is 3.82. The molecule has 0 aliphatic heterocycles. The molecule has 0 aliphatic rings. The van der Waals surface area contributed by atoms with Crippen molar-refractivity contribution < 1.29 is 8.42 Å². The van der Waals surface area contributed by atoms with Gasteiger partial charge in [-0.3, -0.25) is 0 Å². The number of nitriles is 1. The van der Waals surface area contributed by atoms with Crippen LogP contribution in [0.25, 0.3) is 0 Å². The van der Waals surface area contributed by atoms with Crippen LogP contribution >= 0.6 is 11.3 Å². The Morgan fingerprint density at radius 3 is 2.81 bits per heavy atom. The van der Waals surface area contributed by atoms with E-state index in [9.17, 15) is 8.42 Å². The van der Waals surface area contributed by atoms with E-state index >= 15 is 0 Å². The second kappa shape index (κ2) is 7.36. The summed E-state index contributed by atoms with van der Waals surface area (Å²) in [5.41, 5.74) is 1.62. The van der Waals surface area contributed by atoms with E-state index < -0.39 is 9.84 Å². The topological polar surface area (TPSA) is 70.0 Å². The van der Waals surface area contributed by atoms with Gasteiger partial charge in [0, 0.05) is 6.54 Å². The molecule has 0 unspecified atom stereocenters. The Morgan fingerprint density at radius 1 is 1.24 bits per heavy atom. The Morgan fingerprint density at radius 2 is 2.10 bits per heavy atom. The first-order chi connectivity index (χ1) is 10.1. The number of hydrogen-bond acceptors (Lipinski definition) is 5. The molecule has 1 aromatic carbocycles. The van der Waals surface area contributed by atoms with Crippen molar-refractivity contribution >= 4 is 21.2 Å². The van der Waals surface area contributed by atoms with Gasteiger partial charge in [0.1, 0.15) is 0 Å². The molecule has 2 rings (SSSR count). The Balaban J connectivity index is 1.82. The van der Waals surface area contributed by atoms with E-state index in [0.717, 1.165) is 13.0 Å². The highest BCUT2D eigenvalue weighted by Crippen LogP contribution is 2.12. The van der Waals surface area contributed by atoms with E-state index in [2.05, 4.69) is 16.8 Å². The average molecular weight is 320 g/mol. The van der Waals surface area contributed by atoms with Gasteiger partial charge in [-0.2, -0.15) is 16.6 Å². The van der Waals surface area contributed by atoms with Gasteiger partial charge < -0.3 is 5.32 Å². The summed E-state index contributed by atoms with van der Waals surface area (Å²) in [6.45, 7) is 1.16. The minimum absolute atomic E-state index is 0.0333. The number of thiophene rings is 1. The smallest absolute Gasteiger partial charge is 0.179 e. The largest absolute Gasteiger partial charge is 0.315 e. The molecule has 0 atom stereocenters. The summed E-state index contributed by atoms with van der Waals surface area (Å²) in [6, 6.07) is 10.2. The van der Waals surface area contributed by atoms with Gasteiger partial charge in [0.15, 0.2) is 9.84 Å². The van der Waals surface area contributed by atoms with Crippen LogP contribution in [0.2, 0.25) is 0 Å². The molecule has 0 bridgehead atoms. The molecule has 0 saturated carbocycles. The molecule has 1 heterocycles. The minimum Gasteiger partial charge on any atom is -0.315 e. The number of benzene rings is 1. The zero-order valence-corrected chi connectivity index (χ0v) is 13.1. The molecule has 0 amide bonds. The number of sulfone groups is 1. The van der Waals surface area contributed by atoms with Crippen LogP contribution in [0, 0.1) is 11.3 Å². The predicted molar refractivity (Wildman–Crippen MR) is 84.1 cm³/mol. The predicted octanol–water partition coefficient (Wildman–Crippen LogP) is 2.23. The molecular weight excluding hydrogens is 304 g/mol. The van der Waals surface area contributed by atoms with Gasteiger partial charge >= 0.3 is 0 Å². The third kappa shape index (κ3) is 4.67. The van der Waals surface area contributed by atoms with Crippen LogP contribution in [0.5, 0.6) is 0 Å². The second-order valence-electron chi connectivity index (χ2n) is 4.59. The van der Waals surface area contributed by atoms with Gasteiger partial charge in [-0.1, -0.05) is 6.07 Å². The van der Waals surface area contributed by atoms with Crippen molar-refractivity contribution in [3.8, 4) is 6.07 Å². The molecule has 6 heteroatoms. The molecule has 0 aliphatic carbocycles. The fourth-order valence-electron chi connectivity index (χ4n) is 1.88. The van der Waals surface area contributed by atoms with E-state index in [0.29, 0.717) is 12.1 Å². The number of nitrogens with one attached hydrogen (secondary N) is 1. The van der Waals surface area contributed by atoms with Crippen LogP contribution in [0.4, 0.5) is 0 Å². The van der Waals surface area contributed by atoms with Crippen LogP contribution in [0.3, 0.4) is 0 Å². The third-order valence-electron chi connectivity index (χ3n) is 3.04. The van der Waals surface area contributed by atoms with Crippen molar-refractivity contribution in [2.45, 2.75) is 11.3 Å². The molecular formula is C15H16N2O2S2. The van der Waals surface area contributed by atoms with Crippen molar-refractivity contribution in [1.82, 2.24) is 5.32 Å². The molecule has 0 fully saturated rings. The van der Waals surface area contributed by atoms with Crippen LogP contribution < -0.4 is 5.32 Å². The highest BCUT2D eigenvalue weighted by atomic mass is 32.2. The first kappa shape index (κ1) is 15.7. The normalized spacial score (nSPS) is 11.2. The fraction of sp³-hybridized carbons (Fsp3) is 0.267. The molecule has 110 valence electrons. The van der Waals surface area contributed by atoms with E-state index in [-0.39, 0.29) is 10.6 Å². The monoisotopic (exact) mass is 320 g/mol.